The molecule has 0 radical (unpaired) electrons. The molecule has 4 aromatic rings. The van der Waals surface area contributed by atoms with Gasteiger partial charge in [0, 0.05) is 15.7 Å². The van der Waals surface area contributed by atoms with E-state index < -0.39 is 16.8 Å². The first kappa shape index (κ1) is 29.9. The van der Waals surface area contributed by atoms with Crippen LogP contribution in [0.3, 0.4) is 0 Å². The second-order valence-corrected chi connectivity index (χ2v) is 12.7. The van der Waals surface area contributed by atoms with Gasteiger partial charge in [-0.25, -0.2) is 4.98 Å². The number of carbonyl (C=O) groups is 1. The number of rotatable bonds is 11. The zero-order valence-electron chi connectivity index (χ0n) is 23.3. The van der Waals surface area contributed by atoms with Crippen molar-refractivity contribution in [3.63, 3.8) is 0 Å². The molecule has 0 saturated heterocycles. The van der Waals surface area contributed by atoms with Gasteiger partial charge in [-0.2, -0.15) is 0 Å². The molecule has 4 rings (SSSR count). The summed E-state index contributed by atoms with van der Waals surface area (Å²) < 4.78 is 0. The highest BCUT2D eigenvalue weighted by atomic mass is 35.5. The Hall–Kier alpha value is -3.12. The molecule has 6 heteroatoms. The molecule has 1 aromatic heterocycles. The van der Waals surface area contributed by atoms with Gasteiger partial charge in [0.05, 0.1) is 16.8 Å². The van der Waals surface area contributed by atoms with Crippen molar-refractivity contribution < 1.29 is 15.0 Å². The second-order valence-electron chi connectivity index (χ2n) is 11.0. The van der Waals surface area contributed by atoms with Crippen LogP contribution >= 0.6 is 23.4 Å². The number of pyridine rings is 1. The van der Waals surface area contributed by atoms with Crippen LogP contribution in [-0.4, -0.2) is 26.4 Å². The number of fused-ring (bicyclic) bond motifs is 1. The van der Waals surface area contributed by atoms with Crippen LogP contribution in [0.4, 0.5) is 0 Å². The van der Waals surface area contributed by atoms with E-state index in [1.807, 2.05) is 86.7 Å². The Balaban J connectivity index is 1.61. The topological polar surface area (TPSA) is 70.4 Å². The maximum Gasteiger partial charge on any atom is 0.316 e. The Kier molecular flexibility index (Phi) is 9.72. The van der Waals surface area contributed by atoms with Crippen LogP contribution in [0, 0.1) is 5.92 Å². The van der Waals surface area contributed by atoms with Gasteiger partial charge >= 0.3 is 5.97 Å². The van der Waals surface area contributed by atoms with Gasteiger partial charge in [-0.05, 0) is 79.1 Å². The molecule has 3 aromatic carbocycles. The van der Waals surface area contributed by atoms with Gasteiger partial charge in [-0.3, -0.25) is 4.79 Å². The normalized spacial score (nSPS) is 13.7. The molecule has 0 aliphatic rings. The minimum atomic E-state index is -0.951. The van der Waals surface area contributed by atoms with E-state index in [1.165, 1.54) is 11.8 Å². The predicted molar refractivity (Wildman–Crippen MR) is 169 cm³/mol. The fourth-order valence-electron chi connectivity index (χ4n) is 4.86. The van der Waals surface area contributed by atoms with Crippen molar-refractivity contribution >= 4 is 52.4 Å². The number of thioether (sulfide) groups is 1. The molecule has 0 fully saturated rings. The SMILES string of the molecule is CC(C)C(S[C@H](CCc1ccccc1C(C)(C)O)c1cccc(C=Cc2ccc3ccc(Cl)cc3n2)c1)C(=O)O. The molecule has 2 N–H and O–H groups in total. The molecule has 0 amide bonds. The lowest BCUT2D eigenvalue weighted by molar-refractivity contribution is -0.137. The fourth-order valence-corrected chi connectivity index (χ4v) is 6.36. The van der Waals surface area contributed by atoms with E-state index in [4.69, 9.17) is 16.6 Å². The predicted octanol–water partition coefficient (Wildman–Crippen LogP) is 8.80. The van der Waals surface area contributed by atoms with Crippen molar-refractivity contribution in [2.45, 2.75) is 56.6 Å². The number of benzene rings is 3. The highest BCUT2D eigenvalue weighted by Gasteiger charge is 2.28. The van der Waals surface area contributed by atoms with Gasteiger partial charge in [0.1, 0.15) is 5.25 Å². The highest BCUT2D eigenvalue weighted by molar-refractivity contribution is 8.00. The summed E-state index contributed by atoms with van der Waals surface area (Å²) in [5, 5.41) is 21.8. The van der Waals surface area contributed by atoms with Gasteiger partial charge < -0.3 is 10.2 Å². The number of carboxylic acid groups (broad SMARTS) is 1. The van der Waals surface area contributed by atoms with Crippen LogP contribution in [0.1, 0.15) is 67.3 Å². The first-order valence-corrected chi connectivity index (χ1v) is 14.9. The van der Waals surface area contributed by atoms with Crippen molar-refractivity contribution in [3.8, 4) is 0 Å². The summed E-state index contributed by atoms with van der Waals surface area (Å²) in [6.45, 7) is 7.50. The maximum absolute atomic E-state index is 12.1. The minimum Gasteiger partial charge on any atom is -0.480 e. The molecule has 1 unspecified atom stereocenters. The van der Waals surface area contributed by atoms with Crippen LogP contribution in [-0.2, 0) is 16.8 Å². The molecular formula is C34H36ClNO3S. The number of halogens is 1. The third kappa shape index (κ3) is 7.75. The van der Waals surface area contributed by atoms with E-state index in [0.717, 1.165) is 51.7 Å². The number of carboxylic acids is 1. The summed E-state index contributed by atoms with van der Waals surface area (Å²) in [4.78, 5) is 16.8. The average Bonchev–Trinajstić information content (AvgIpc) is 2.91. The van der Waals surface area contributed by atoms with Crippen molar-refractivity contribution in [1.29, 1.82) is 0 Å². The van der Waals surface area contributed by atoms with Crippen LogP contribution in [0.2, 0.25) is 5.02 Å². The van der Waals surface area contributed by atoms with E-state index in [1.54, 1.807) is 13.8 Å². The number of aliphatic carboxylic acids is 1. The molecule has 40 heavy (non-hydrogen) atoms. The summed E-state index contributed by atoms with van der Waals surface area (Å²) >= 11 is 7.66. The third-order valence-electron chi connectivity index (χ3n) is 6.92. The zero-order valence-corrected chi connectivity index (χ0v) is 24.9. The number of aromatic nitrogens is 1. The Bertz CT molecular complexity index is 1510. The van der Waals surface area contributed by atoms with E-state index >= 15 is 0 Å². The average molecular weight is 574 g/mol. The van der Waals surface area contributed by atoms with E-state index in [9.17, 15) is 15.0 Å². The quantitative estimate of drug-likeness (QED) is 0.187. The smallest absolute Gasteiger partial charge is 0.316 e. The monoisotopic (exact) mass is 573 g/mol. The standard InChI is InChI=1S/C34H36ClNO3S/c1-22(2)32(33(37)38)40-31(19-15-24-9-5-6-11-29(24)34(3,4)39)26-10-7-8-23(20-26)12-17-28-18-14-25-13-16-27(35)21-30(25)36-28/h5-14,16-18,20-22,31-32,39H,15,19H2,1-4H3,(H,37,38)/t31-,32?/m1/s1. The third-order valence-corrected chi connectivity index (χ3v) is 9.03. The lowest BCUT2D eigenvalue weighted by Crippen LogP contribution is -2.24. The van der Waals surface area contributed by atoms with Crippen molar-refractivity contribution in [2.24, 2.45) is 5.92 Å². The molecule has 0 bridgehead atoms. The summed E-state index contributed by atoms with van der Waals surface area (Å²) in [5.74, 6) is -0.801. The summed E-state index contributed by atoms with van der Waals surface area (Å²) in [5.41, 5.74) is 4.81. The molecule has 208 valence electrons. The van der Waals surface area contributed by atoms with E-state index in [0.29, 0.717) is 5.02 Å². The largest absolute Gasteiger partial charge is 0.480 e. The summed E-state index contributed by atoms with van der Waals surface area (Å²) in [6, 6.07) is 25.9. The molecule has 0 aliphatic heterocycles. The van der Waals surface area contributed by atoms with Crippen molar-refractivity contribution in [3.05, 3.63) is 112 Å². The van der Waals surface area contributed by atoms with E-state index in [-0.39, 0.29) is 11.2 Å². The van der Waals surface area contributed by atoms with Crippen LogP contribution in [0.15, 0.2) is 78.9 Å². The second kappa shape index (κ2) is 13.0. The number of hydrogen-bond donors (Lipinski definition) is 2. The molecule has 0 saturated carbocycles. The molecule has 0 spiro atoms. The summed E-state index contributed by atoms with van der Waals surface area (Å²) in [7, 11) is 0. The fraction of sp³-hybridized carbons (Fsp3) is 0.294. The highest BCUT2D eigenvalue weighted by Crippen LogP contribution is 2.40. The molecular weight excluding hydrogens is 538 g/mol. The molecule has 1 heterocycles. The molecule has 2 atom stereocenters. The van der Waals surface area contributed by atoms with Crippen LogP contribution in [0.25, 0.3) is 23.1 Å². The maximum atomic E-state index is 12.1. The van der Waals surface area contributed by atoms with Gasteiger partial charge in [0.15, 0.2) is 0 Å². The number of nitrogens with zero attached hydrogens (tertiary/aromatic N) is 1. The van der Waals surface area contributed by atoms with Gasteiger partial charge in [-0.1, -0.05) is 92.2 Å². The number of aliphatic hydroxyl groups is 1. The lowest BCUT2D eigenvalue weighted by Gasteiger charge is -2.26. The Morgan fingerprint density at radius 2 is 1.75 bits per heavy atom. The van der Waals surface area contributed by atoms with Crippen LogP contribution in [0.5, 0.6) is 0 Å². The number of hydrogen-bond acceptors (Lipinski definition) is 4. The minimum absolute atomic E-state index is 0.00998. The van der Waals surface area contributed by atoms with Crippen molar-refractivity contribution in [2.75, 3.05) is 0 Å². The Labute approximate surface area is 246 Å². The lowest BCUT2D eigenvalue weighted by atomic mass is 9.90. The van der Waals surface area contributed by atoms with E-state index in [2.05, 4.69) is 18.2 Å². The van der Waals surface area contributed by atoms with Gasteiger partial charge in [0.25, 0.3) is 0 Å². The van der Waals surface area contributed by atoms with Gasteiger partial charge in [-0.15, -0.1) is 11.8 Å². The number of aryl methyl sites for hydroxylation is 1. The zero-order chi connectivity index (χ0) is 28.9. The van der Waals surface area contributed by atoms with Gasteiger partial charge in [0.2, 0.25) is 0 Å². The summed E-state index contributed by atoms with van der Waals surface area (Å²) in [6.07, 6.45) is 5.49. The molecule has 4 nitrogen and oxygen atoms in total. The first-order valence-electron chi connectivity index (χ1n) is 13.5. The molecule has 0 aliphatic carbocycles. The Morgan fingerprint density at radius 3 is 2.48 bits per heavy atom. The first-order chi connectivity index (χ1) is 19.0. The Morgan fingerprint density at radius 1 is 1.00 bits per heavy atom. The van der Waals surface area contributed by atoms with Crippen molar-refractivity contribution in [1.82, 2.24) is 4.98 Å². The van der Waals surface area contributed by atoms with Crippen LogP contribution < -0.4 is 0 Å².